The first-order valence-corrected chi connectivity index (χ1v) is 8.30. The van der Waals surface area contributed by atoms with Crippen molar-refractivity contribution in [2.24, 2.45) is 8.73 Å². The van der Waals surface area contributed by atoms with Crippen molar-refractivity contribution in [1.82, 2.24) is 0 Å². The molecule has 1 heterocycles. The maximum Gasteiger partial charge on any atom is 0.232 e. The van der Waals surface area contributed by atoms with Crippen LogP contribution in [-0.4, -0.2) is 25.9 Å². The van der Waals surface area contributed by atoms with Crippen LogP contribution < -0.4 is 4.72 Å². The molecule has 1 aromatic rings. The highest BCUT2D eigenvalue weighted by atomic mass is 35.5. The normalized spacial score (nSPS) is 13.2. The van der Waals surface area contributed by atoms with Gasteiger partial charge in [0.2, 0.25) is 10.0 Å². The summed E-state index contributed by atoms with van der Waals surface area (Å²) in [4.78, 5) is 0. The summed E-state index contributed by atoms with van der Waals surface area (Å²) < 4.78 is 33.9. The van der Waals surface area contributed by atoms with Gasteiger partial charge in [-0.2, -0.15) is 8.73 Å². The fourth-order valence-corrected chi connectivity index (χ4v) is 3.78. The third kappa shape index (κ3) is 3.26. The van der Waals surface area contributed by atoms with E-state index in [1.54, 1.807) is 0 Å². The Morgan fingerprint density at radius 2 is 1.95 bits per heavy atom. The highest BCUT2D eigenvalue weighted by Gasteiger charge is 2.22. The summed E-state index contributed by atoms with van der Waals surface area (Å²) in [6.07, 6.45) is 0.138. The smallest absolute Gasteiger partial charge is 0.232 e. The molecule has 6 nitrogen and oxygen atoms in total. The molecule has 10 heteroatoms. The second kappa shape index (κ2) is 5.76. The minimum atomic E-state index is -3.60. The fraction of sp³-hybridized carbons (Fsp3) is 0.333. The van der Waals surface area contributed by atoms with Gasteiger partial charge in [0.25, 0.3) is 0 Å². The quantitative estimate of drug-likeness (QED) is 0.875. The first kappa shape index (κ1) is 14.7. The van der Waals surface area contributed by atoms with Crippen molar-refractivity contribution in [2.75, 3.05) is 17.1 Å². The molecule has 0 fully saturated rings. The number of aliphatic hydroxyl groups excluding tert-OH is 1. The van der Waals surface area contributed by atoms with Crippen LogP contribution in [0.2, 0.25) is 10.0 Å². The van der Waals surface area contributed by atoms with Crippen LogP contribution in [0.4, 0.5) is 17.1 Å². The summed E-state index contributed by atoms with van der Waals surface area (Å²) in [5.74, 6) is -0.207. The maximum absolute atomic E-state index is 11.8. The van der Waals surface area contributed by atoms with Gasteiger partial charge in [-0.05, 0) is 12.5 Å². The van der Waals surface area contributed by atoms with Crippen molar-refractivity contribution >= 4 is 61.6 Å². The number of anilines is 1. The first-order chi connectivity index (χ1) is 8.94. The molecule has 1 aromatic carbocycles. The van der Waals surface area contributed by atoms with E-state index in [4.69, 9.17) is 28.3 Å². The van der Waals surface area contributed by atoms with E-state index in [-0.39, 0.29) is 29.5 Å². The monoisotopic (exact) mass is 341 g/mol. The molecule has 0 spiro atoms. The van der Waals surface area contributed by atoms with Crippen molar-refractivity contribution in [2.45, 2.75) is 6.42 Å². The molecular formula is C9H9Cl2N3O3S2. The average molecular weight is 342 g/mol. The van der Waals surface area contributed by atoms with E-state index in [2.05, 4.69) is 13.4 Å². The second-order valence-electron chi connectivity index (χ2n) is 3.67. The SMILES string of the molecule is O=S(=O)(CCCO)Nc1c(Cl)cc(Cl)c2c1N=S=N2. The molecule has 19 heavy (non-hydrogen) atoms. The Labute approximate surface area is 123 Å². The number of halogens is 2. The van der Waals surface area contributed by atoms with E-state index < -0.39 is 10.0 Å². The van der Waals surface area contributed by atoms with Crippen LogP contribution in [0.1, 0.15) is 6.42 Å². The van der Waals surface area contributed by atoms with E-state index in [1.165, 1.54) is 6.07 Å². The van der Waals surface area contributed by atoms with E-state index in [0.29, 0.717) is 16.4 Å². The van der Waals surface area contributed by atoms with Crippen molar-refractivity contribution in [3.8, 4) is 0 Å². The molecule has 0 amide bonds. The molecular weight excluding hydrogens is 333 g/mol. The molecule has 0 unspecified atom stereocenters. The molecule has 1 aliphatic heterocycles. The first-order valence-electron chi connectivity index (χ1n) is 5.16. The Morgan fingerprint density at radius 1 is 1.26 bits per heavy atom. The van der Waals surface area contributed by atoms with E-state index in [1.807, 2.05) is 0 Å². The van der Waals surface area contributed by atoms with Crippen molar-refractivity contribution in [3.63, 3.8) is 0 Å². The van der Waals surface area contributed by atoms with Gasteiger partial charge in [-0.25, -0.2) is 8.42 Å². The maximum atomic E-state index is 11.8. The van der Waals surface area contributed by atoms with Crippen LogP contribution in [0.5, 0.6) is 0 Å². The molecule has 104 valence electrons. The molecule has 2 rings (SSSR count). The Kier molecular flexibility index (Phi) is 4.46. The van der Waals surface area contributed by atoms with Crippen LogP contribution in [-0.2, 0) is 21.4 Å². The van der Waals surface area contributed by atoms with Crippen LogP contribution in [0.25, 0.3) is 0 Å². The zero-order chi connectivity index (χ0) is 14.0. The van der Waals surface area contributed by atoms with Gasteiger partial charge in [-0.1, -0.05) is 23.2 Å². The van der Waals surface area contributed by atoms with Crippen LogP contribution in [0.3, 0.4) is 0 Å². The average Bonchev–Trinajstić information content (AvgIpc) is 2.81. The third-order valence-electron chi connectivity index (χ3n) is 2.27. The molecule has 2 N–H and O–H groups in total. The van der Waals surface area contributed by atoms with Gasteiger partial charge in [0.1, 0.15) is 11.4 Å². The van der Waals surface area contributed by atoms with Crippen LogP contribution >= 0.6 is 23.2 Å². The van der Waals surface area contributed by atoms with E-state index in [0.717, 1.165) is 11.4 Å². The number of aliphatic hydroxyl groups is 1. The minimum Gasteiger partial charge on any atom is -0.396 e. The zero-order valence-electron chi connectivity index (χ0n) is 9.43. The summed E-state index contributed by atoms with van der Waals surface area (Å²) in [5, 5.41) is 9.13. The minimum absolute atomic E-state index is 0.138. The van der Waals surface area contributed by atoms with E-state index in [9.17, 15) is 8.42 Å². The summed E-state index contributed by atoms with van der Waals surface area (Å²) in [6.45, 7) is -0.205. The summed E-state index contributed by atoms with van der Waals surface area (Å²) >= 11 is 12.8. The lowest BCUT2D eigenvalue weighted by Crippen LogP contribution is -2.17. The molecule has 0 atom stereocenters. The Balaban J connectivity index is 2.37. The lowest BCUT2D eigenvalue weighted by molar-refractivity contribution is 0.295. The highest BCUT2D eigenvalue weighted by molar-refractivity contribution is 7.92. The van der Waals surface area contributed by atoms with Gasteiger partial charge < -0.3 is 5.11 Å². The molecule has 0 aromatic heterocycles. The zero-order valence-corrected chi connectivity index (χ0v) is 12.6. The van der Waals surface area contributed by atoms with Crippen LogP contribution in [0, 0.1) is 0 Å². The summed E-state index contributed by atoms with van der Waals surface area (Å²) in [5.41, 5.74) is 0.874. The largest absolute Gasteiger partial charge is 0.396 e. The van der Waals surface area contributed by atoms with E-state index >= 15 is 0 Å². The third-order valence-corrected chi connectivity index (χ3v) is 4.73. The Hall–Kier alpha value is -0.670. The number of sulfonamides is 1. The lowest BCUT2D eigenvalue weighted by atomic mass is 10.2. The number of benzene rings is 1. The Bertz CT molecular complexity index is 684. The highest BCUT2D eigenvalue weighted by Crippen LogP contribution is 2.47. The Morgan fingerprint density at radius 3 is 2.63 bits per heavy atom. The molecule has 0 bridgehead atoms. The van der Waals surface area contributed by atoms with Crippen LogP contribution in [0.15, 0.2) is 14.8 Å². The predicted octanol–water partition coefficient (Wildman–Crippen LogP) is 2.84. The number of nitrogens with one attached hydrogen (secondary N) is 1. The molecule has 1 aliphatic rings. The van der Waals surface area contributed by atoms with Gasteiger partial charge >= 0.3 is 0 Å². The number of hydrogen-bond acceptors (Lipinski definition) is 5. The molecule has 0 radical (unpaired) electrons. The molecule has 0 saturated carbocycles. The number of nitrogens with zero attached hydrogens (tertiary/aromatic N) is 2. The van der Waals surface area contributed by atoms with Gasteiger partial charge in [0.05, 0.1) is 32.8 Å². The second-order valence-corrected chi connectivity index (χ2v) is 6.86. The topological polar surface area (TPSA) is 91.1 Å². The lowest BCUT2D eigenvalue weighted by Gasteiger charge is -2.12. The van der Waals surface area contributed by atoms with Crippen molar-refractivity contribution < 1.29 is 13.5 Å². The number of hydrogen-bond donors (Lipinski definition) is 2. The van der Waals surface area contributed by atoms with Gasteiger partial charge in [0, 0.05) is 6.61 Å². The van der Waals surface area contributed by atoms with Crippen molar-refractivity contribution in [3.05, 3.63) is 16.1 Å². The van der Waals surface area contributed by atoms with Crippen molar-refractivity contribution in [1.29, 1.82) is 0 Å². The number of fused-ring (bicyclic) bond motifs is 1. The standard InChI is InChI=1S/C9H9Cl2N3O3S2/c10-5-4-6(11)8(9-7(5)12-18-13-9)14-19(16,17)3-1-2-15/h4,14-15H,1-3H2. The predicted molar refractivity (Wildman–Crippen MR) is 77.1 cm³/mol. The van der Waals surface area contributed by atoms with Gasteiger partial charge in [-0.15, -0.1) is 0 Å². The molecule has 0 aliphatic carbocycles. The summed E-state index contributed by atoms with van der Waals surface area (Å²) in [7, 11) is -3.60. The molecule has 0 saturated heterocycles. The summed E-state index contributed by atoms with van der Waals surface area (Å²) in [6, 6.07) is 1.41. The fourth-order valence-electron chi connectivity index (χ4n) is 1.43. The van der Waals surface area contributed by atoms with Gasteiger partial charge in [0.15, 0.2) is 0 Å². The van der Waals surface area contributed by atoms with Gasteiger partial charge in [-0.3, -0.25) is 4.72 Å². The number of rotatable bonds is 5.